The Morgan fingerprint density at radius 3 is 2.04 bits per heavy atom. The quantitative estimate of drug-likeness (QED) is 0.386. The number of ketones is 1. The highest BCUT2D eigenvalue weighted by Gasteiger charge is 2.13. The summed E-state index contributed by atoms with van der Waals surface area (Å²) < 4.78 is 11.2. The van der Waals surface area contributed by atoms with Gasteiger partial charge in [0.05, 0.1) is 5.02 Å². The Hall–Kier alpha value is -2.49. The fraction of sp³-hybridized carbons (Fsp3) is 0.0952. The zero-order chi connectivity index (χ0) is 18.4. The summed E-state index contributed by atoms with van der Waals surface area (Å²) in [5.41, 5.74) is 0.895. The van der Waals surface area contributed by atoms with Gasteiger partial charge in [-0.25, -0.2) is 0 Å². The second kappa shape index (κ2) is 8.75. The Bertz CT molecular complexity index is 878. The van der Waals surface area contributed by atoms with Gasteiger partial charge in [0.1, 0.15) is 24.7 Å². The molecule has 26 heavy (non-hydrogen) atoms. The molecule has 132 valence electrons. The van der Waals surface area contributed by atoms with Gasteiger partial charge in [-0.3, -0.25) is 4.79 Å². The first-order valence-corrected chi connectivity index (χ1v) is 8.79. The summed E-state index contributed by atoms with van der Waals surface area (Å²) in [5.74, 6) is 1.28. The van der Waals surface area contributed by atoms with Crippen molar-refractivity contribution in [3.63, 3.8) is 0 Å². The number of para-hydroxylation sites is 1. The van der Waals surface area contributed by atoms with Gasteiger partial charge in [-0.1, -0.05) is 41.4 Å². The van der Waals surface area contributed by atoms with Crippen molar-refractivity contribution in [3.8, 4) is 11.5 Å². The number of hydrogen-bond donors (Lipinski definition) is 0. The standard InChI is InChI=1S/C21H16Cl2O3/c22-16-8-11-20(23)19(14-16)21(24)15-6-9-18(10-7-15)26-13-12-25-17-4-2-1-3-5-17/h1-11,14H,12-13H2. The molecule has 0 N–H and O–H groups in total. The van der Waals surface area contributed by atoms with Crippen LogP contribution < -0.4 is 9.47 Å². The molecule has 0 bridgehead atoms. The van der Waals surface area contributed by atoms with E-state index >= 15 is 0 Å². The molecule has 0 saturated heterocycles. The second-order valence-electron chi connectivity index (χ2n) is 5.49. The lowest BCUT2D eigenvalue weighted by molar-refractivity contribution is 0.103. The minimum Gasteiger partial charge on any atom is -0.490 e. The predicted molar refractivity (Wildman–Crippen MR) is 104 cm³/mol. The first-order valence-electron chi connectivity index (χ1n) is 8.04. The molecule has 3 rings (SSSR count). The van der Waals surface area contributed by atoms with E-state index in [1.807, 2.05) is 30.3 Å². The molecule has 0 aromatic heterocycles. The molecule has 5 heteroatoms. The van der Waals surface area contributed by atoms with Crippen LogP contribution in [0.3, 0.4) is 0 Å². The van der Waals surface area contributed by atoms with Crippen LogP contribution in [0.2, 0.25) is 10.0 Å². The van der Waals surface area contributed by atoms with E-state index in [1.165, 1.54) is 0 Å². The van der Waals surface area contributed by atoms with E-state index in [0.29, 0.717) is 40.1 Å². The number of carbonyl (C=O) groups excluding carboxylic acids is 1. The monoisotopic (exact) mass is 386 g/mol. The van der Waals surface area contributed by atoms with Crippen molar-refractivity contribution in [2.75, 3.05) is 13.2 Å². The molecule has 0 aliphatic heterocycles. The van der Waals surface area contributed by atoms with Crippen LogP contribution in [0.4, 0.5) is 0 Å². The van der Waals surface area contributed by atoms with Crippen molar-refractivity contribution in [2.24, 2.45) is 0 Å². The summed E-state index contributed by atoms with van der Waals surface area (Å²) in [6, 6.07) is 21.3. The number of ether oxygens (including phenoxy) is 2. The van der Waals surface area contributed by atoms with Gasteiger partial charge < -0.3 is 9.47 Å². The highest BCUT2D eigenvalue weighted by Crippen LogP contribution is 2.24. The summed E-state index contributed by atoms with van der Waals surface area (Å²) in [6.07, 6.45) is 0. The van der Waals surface area contributed by atoms with Crippen molar-refractivity contribution < 1.29 is 14.3 Å². The molecule has 3 nitrogen and oxygen atoms in total. The predicted octanol–water partition coefficient (Wildman–Crippen LogP) is 5.68. The maximum Gasteiger partial charge on any atom is 0.194 e. The Kier molecular flexibility index (Phi) is 6.16. The molecular formula is C21H16Cl2O3. The molecule has 0 saturated carbocycles. The molecule has 0 fully saturated rings. The van der Waals surface area contributed by atoms with Gasteiger partial charge in [-0.2, -0.15) is 0 Å². The smallest absolute Gasteiger partial charge is 0.194 e. The van der Waals surface area contributed by atoms with Crippen molar-refractivity contribution in [2.45, 2.75) is 0 Å². The van der Waals surface area contributed by atoms with Crippen LogP contribution in [-0.4, -0.2) is 19.0 Å². The third-order valence-electron chi connectivity index (χ3n) is 3.65. The van der Waals surface area contributed by atoms with Gasteiger partial charge in [-0.05, 0) is 54.6 Å². The zero-order valence-electron chi connectivity index (χ0n) is 13.8. The molecule has 0 spiro atoms. The Morgan fingerprint density at radius 1 is 0.769 bits per heavy atom. The number of rotatable bonds is 7. The van der Waals surface area contributed by atoms with E-state index < -0.39 is 0 Å². The first-order chi connectivity index (χ1) is 12.6. The van der Waals surface area contributed by atoms with Crippen LogP contribution >= 0.6 is 23.2 Å². The Balaban J connectivity index is 1.56. The average Bonchev–Trinajstić information content (AvgIpc) is 2.68. The molecule has 0 radical (unpaired) electrons. The Labute approximate surface area is 162 Å². The lowest BCUT2D eigenvalue weighted by atomic mass is 10.0. The molecule has 0 amide bonds. The van der Waals surface area contributed by atoms with E-state index in [-0.39, 0.29) is 5.78 Å². The molecule has 0 unspecified atom stereocenters. The van der Waals surface area contributed by atoms with Crippen LogP contribution in [0.5, 0.6) is 11.5 Å². The zero-order valence-corrected chi connectivity index (χ0v) is 15.3. The summed E-state index contributed by atoms with van der Waals surface area (Å²) in [6.45, 7) is 0.838. The summed E-state index contributed by atoms with van der Waals surface area (Å²) in [5, 5.41) is 0.842. The van der Waals surface area contributed by atoms with E-state index in [4.69, 9.17) is 32.7 Å². The molecule has 0 atom stereocenters. The topological polar surface area (TPSA) is 35.5 Å². The van der Waals surface area contributed by atoms with Gasteiger partial charge >= 0.3 is 0 Å². The van der Waals surface area contributed by atoms with Crippen molar-refractivity contribution >= 4 is 29.0 Å². The van der Waals surface area contributed by atoms with Gasteiger partial charge in [0.25, 0.3) is 0 Å². The van der Waals surface area contributed by atoms with E-state index in [2.05, 4.69) is 0 Å². The lowest BCUT2D eigenvalue weighted by Crippen LogP contribution is -2.09. The first kappa shape index (κ1) is 18.3. The average molecular weight is 387 g/mol. The van der Waals surface area contributed by atoms with E-state index in [9.17, 15) is 4.79 Å². The minimum absolute atomic E-state index is 0.184. The maximum atomic E-state index is 12.5. The van der Waals surface area contributed by atoms with Gasteiger partial charge in [0.2, 0.25) is 0 Å². The molecule has 3 aromatic rings. The van der Waals surface area contributed by atoms with E-state index in [1.54, 1.807) is 42.5 Å². The normalized spacial score (nSPS) is 10.4. The number of benzene rings is 3. The summed E-state index contributed by atoms with van der Waals surface area (Å²) in [7, 11) is 0. The van der Waals surface area contributed by atoms with Crippen molar-refractivity contribution in [1.82, 2.24) is 0 Å². The van der Waals surface area contributed by atoms with Crippen molar-refractivity contribution in [3.05, 3.63) is 94.0 Å². The van der Waals surface area contributed by atoms with Crippen molar-refractivity contribution in [1.29, 1.82) is 0 Å². The molecule has 0 heterocycles. The number of carbonyl (C=O) groups is 1. The SMILES string of the molecule is O=C(c1ccc(OCCOc2ccccc2)cc1)c1cc(Cl)ccc1Cl. The fourth-order valence-corrected chi connectivity index (χ4v) is 2.74. The van der Waals surface area contributed by atoms with Crippen LogP contribution in [-0.2, 0) is 0 Å². The lowest BCUT2D eigenvalue weighted by Gasteiger charge is -2.09. The highest BCUT2D eigenvalue weighted by molar-refractivity contribution is 6.36. The Morgan fingerprint density at radius 2 is 1.38 bits per heavy atom. The second-order valence-corrected chi connectivity index (χ2v) is 6.33. The van der Waals surface area contributed by atoms with Crippen LogP contribution in [0, 0.1) is 0 Å². The van der Waals surface area contributed by atoms with Crippen LogP contribution in [0.1, 0.15) is 15.9 Å². The van der Waals surface area contributed by atoms with Gasteiger partial charge in [0, 0.05) is 16.1 Å². The highest BCUT2D eigenvalue weighted by atomic mass is 35.5. The maximum absolute atomic E-state index is 12.5. The number of hydrogen-bond acceptors (Lipinski definition) is 3. The third-order valence-corrected chi connectivity index (χ3v) is 4.22. The minimum atomic E-state index is -0.184. The summed E-state index contributed by atoms with van der Waals surface area (Å²) >= 11 is 12.0. The fourth-order valence-electron chi connectivity index (χ4n) is 2.37. The molecule has 0 aliphatic rings. The molecule has 3 aromatic carbocycles. The number of halogens is 2. The third kappa shape index (κ3) is 4.78. The molecule has 0 aliphatic carbocycles. The van der Waals surface area contributed by atoms with Gasteiger partial charge in [-0.15, -0.1) is 0 Å². The van der Waals surface area contributed by atoms with Crippen LogP contribution in [0.15, 0.2) is 72.8 Å². The van der Waals surface area contributed by atoms with Gasteiger partial charge in [0.15, 0.2) is 5.78 Å². The molecular weight excluding hydrogens is 371 g/mol. The largest absolute Gasteiger partial charge is 0.490 e. The van der Waals surface area contributed by atoms with Crippen LogP contribution in [0.25, 0.3) is 0 Å². The summed E-state index contributed by atoms with van der Waals surface area (Å²) in [4.78, 5) is 12.5. The van der Waals surface area contributed by atoms with E-state index in [0.717, 1.165) is 5.75 Å².